The Kier molecular flexibility index (Phi) is 2.23. The van der Waals surface area contributed by atoms with E-state index in [1.165, 1.54) is 5.56 Å². The van der Waals surface area contributed by atoms with Crippen molar-refractivity contribution in [1.82, 2.24) is 9.78 Å². The molecule has 4 nitrogen and oxygen atoms in total. The molecule has 78 valence electrons. The van der Waals surface area contributed by atoms with Crippen LogP contribution in [0.2, 0.25) is 0 Å². The summed E-state index contributed by atoms with van der Waals surface area (Å²) in [4.78, 5) is 0. The van der Waals surface area contributed by atoms with Crippen molar-refractivity contribution in [3.05, 3.63) is 11.3 Å². The molecule has 2 rings (SSSR count). The van der Waals surface area contributed by atoms with Crippen molar-refractivity contribution in [2.45, 2.75) is 32.2 Å². The molecule has 0 aliphatic carbocycles. The van der Waals surface area contributed by atoms with E-state index in [1.54, 1.807) is 0 Å². The second-order valence-corrected chi connectivity index (χ2v) is 4.13. The van der Waals surface area contributed by atoms with E-state index in [0.717, 1.165) is 17.9 Å². The third-order valence-corrected chi connectivity index (χ3v) is 2.92. The van der Waals surface area contributed by atoms with Crippen LogP contribution in [0.15, 0.2) is 0 Å². The predicted octanol–water partition coefficient (Wildman–Crippen LogP) is 1.01. The highest BCUT2D eigenvalue weighted by Crippen LogP contribution is 2.35. The molecule has 0 spiro atoms. The maximum Gasteiger partial charge on any atom is 0.127 e. The number of nitrogens with one attached hydrogen (secondary N) is 1. The summed E-state index contributed by atoms with van der Waals surface area (Å²) in [5.41, 5.74) is 2.22. The number of aryl methyl sites for hydroxylation is 2. The van der Waals surface area contributed by atoms with Crippen LogP contribution in [-0.4, -0.2) is 27.5 Å². The van der Waals surface area contributed by atoms with Crippen LogP contribution in [0.1, 0.15) is 30.5 Å². The number of hydrogen-bond acceptors (Lipinski definition) is 3. The molecular formula is C10H17N3O. The number of anilines is 1. The van der Waals surface area contributed by atoms with Gasteiger partial charge in [0, 0.05) is 24.6 Å². The zero-order valence-corrected chi connectivity index (χ0v) is 8.91. The largest absolute Gasteiger partial charge is 0.396 e. The van der Waals surface area contributed by atoms with Crippen LogP contribution in [0.3, 0.4) is 0 Å². The molecule has 14 heavy (non-hydrogen) atoms. The molecule has 0 bridgehead atoms. The van der Waals surface area contributed by atoms with Crippen LogP contribution >= 0.6 is 0 Å². The maximum absolute atomic E-state index is 9.32. The zero-order valence-electron chi connectivity index (χ0n) is 8.91. The minimum absolute atomic E-state index is 0.214. The molecule has 4 heteroatoms. The van der Waals surface area contributed by atoms with Gasteiger partial charge < -0.3 is 10.4 Å². The highest BCUT2D eigenvalue weighted by atomic mass is 16.3. The summed E-state index contributed by atoms with van der Waals surface area (Å²) in [6.07, 6.45) is 0.982. The Morgan fingerprint density at radius 1 is 1.64 bits per heavy atom. The molecule has 0 fully saturated rings. The molecule has 2 heterocycles. The first kappa shape index (κ1) is 9.52. The van der Waals surface area contributed by atoms with Crippen LogP contribution in [0.5, 0.6) is 0 Å². The molecule has 2 N–H and O–H groups in total. The van der Waals surface area contributed by atoms with Crippen molar-refractivity contribution in [3.63, 3.8) is 0 Å². The molecule has 0 radical (unpaired) electrons. The minimum Gasteiger partial charge on any atom is -0.396 e. The summed E-state index contributed by atoms with van der Waals surface area (Å²) in [7, 11) is 1.94. The monoisotopic (exact) mass is 195 g/mol. The highest BCUT2D eigenvalue weighted by Gasteiger charge is 2.28. The number of nitrogens with zero attached hydrogens (tertiary/aromatic N) is 2. The third-order valence-electron chi connectivity index (χ3n) is 2.92. The Hall–Kier alpha value is -1.03. The second kappa shape index (κ2) is 3.28. The van der Waals surface area contributed by atoms with E-state index in [2.05, 4.69) is 17.3 Å². The lowest BCUT2D eigenvalue weighted by atomic mass is 9.90. The van der Waals surface area contributed by atoms with Gasteiger partial charge in [0.1, 0.15) is 5.82 Å². The van der Waals surface area contributed by atoms with E-state index in [0.29, 0.717) is 6.04 Å². The first-order valence-electron chi connectivity index (χ1n) is 5.04. The molecule has 1 aromatic rings. The molecule has 2 atom stereocenters. The van der Waals surface area contributed by atoms with Gasteiger partial charge in [0.2, 0.25) is 0 Å². The van der Waals surface area contributed by atoms with Crippen molar-refractivity contribution in [2.75, 3.05) is 11.9 Å². The molecule has 0 saturated heterocycles. The van der Waals surface area contributed by atoms with Crippen molar-refractivity contribution in [3.8, 4) is 0 Å². The van der Waals surface area contributed by atoms with E-state index in [9.17, 15) is 5.11 Å². The minimum atomic E-state index is 0.214. The van der Waals surface area contributed by atoms with Gasteiger partial charge in [-0.3, -0.25) is 4.68 Å². The topological polar surface area (TPSA) is 50.1 Å². The quantitative estimate of drug-likeness (QED) is 0.703. The number of rotatable bonds is 1. The number of hydrogen-bond donors (Lipinski definition) is 2. The number of aliphatic hydroxyl groups excluding tert-OH is 1. The van der Waals surface area contributed by atoms with Crippen molar-refractivity contribution < 1.29 is 5.11 Å². The number of fused-ring (bicyclic) bond motifs is 1. The van der Waals surface area contributed by atoms with E-state index in [1.807, 2.05) is 18.7 Å². The summed E-state index contributed by atoms with van der Waals surface area (Å²) >= 11 is 0. The average Bonchev–Trinajstić information content (AvgIpc) is 2.41. The lowest BCUT2D eigenvalue weighted by Crippen LogP contribution is -2.27. The van der Waals surface area contributed by atoms with Crippen LogP contribution in [0, 0.1) is 6.92 Å². The summed E-state index contributed by atoms with van der Waals surface area (Å²) in [6.45, 7) is 4.35. The molecule has 0 unspecified atom stereocenters. The lowest BCUT2D eigenvalue weighted by Gasteiger charge is -2.28. The molecule has 0 saturated carbocycles. The fourth-order valence-electron chi connectivity index (χ4n) is 2.34. The molecule has 1 aromatic heterocycles. The smallest absolute Gasteiger partial charge is 0.127 e. The first-order chi connectivity index (χ1) is 6.63. The summed E-state index contributed by atoms with van der Waals surface area (Å²) in [6, 6.07) is 0.412. The van der Waals surface area contributed by atoms with E-state index < -0.39 is 0 Å². The molecule has 0 amide bonds. The summed E-state index contributed by atoms with van der Waals surface area (Å²) < 4.78 is 1.86. The van der Waals surface area contributed by atoms with Crippen LogP contribution in [0.25, 0.3) is 0 Å². The van der Waals surface area contributed by atoms with E-state index in [4.69, 9.17) is 0 Å². The number of aliphatic hydroxyl groups is 1. The third kappa shape index (κ3) is 1.30. The Labute approximate surface area is 83.9 Å². The highest BCUT2D eigenvalue weighted by molar-refractivity contribution is 5.52. The van der Waals surface area contributed by atoms with Gasteiger partial charge >= 0.3 is 0 Å². The van der Waals surface area contributed by atoms with E-state index in [-0.39, 0.29) is 12.5 Å². The first-order valence-corrected chi connectivity index (χ1v) is 5.04. The van der Waals surface area contributed by atoms with Gasteiger partial charge in [0.15, 0.2) is 0 Å². The average molecular weight is 195 g/mol. The van der Waals surface area contributed by atoms with Gasteiger partial charge in [0.05, 0.1) is 12.3 Å². The summed E-state index contributed by atoms with van der Waals surface area (Å²) in [5, 5.41) is 17.1. The molecule has 1 aliphatic rings. The normalized spacial score (nSPS) is 25.7. The van der Waals surface area contributed by atoms with Gasteiger partial charge in [-0.25, -0.2) is 0 Å². The lowest BCUT2D eigenvalue weighted by molar-refractivity contribution is 0.253. The van der Waals surface area contributed by atoms with Crippen molar-refractivity contribution in [1.29, 1.82) is 0 Å². The van der Waals surface area contributed by atoms with Crippen molar-refractivity contribution >= 4 is 5.82 Å². The Bertz CT molecular complexity index is 345. The van der Waals surface area contributed by atoms with Gasteiger partial charge in [0.25, 0.3) is 0 Å². The standard InChI is InChI=1S/C10H17N3O/c1-6-4-8(5-14)9-7(2)12-13(3)10(9)11-6/h6,8,11,14H,4-5H2,1-3H3/t6-,8-/m0/s1. The maximum atomic E-state index is 9.32. The Morgan fingerprint density at radius 2 is 2.36 bits per heavy atom. The Morgan fingerprint density at radius 3 is 3.00 bits per heavy atom. The molecule has 1 aliphatic heterocycles. The predicted molar refractivity (Wildman–Crippen MR) is 55.5 cm³/mol. The van der Waals surface area contributed by atoms with Gasteiger partial charge in [-0.1, -0.05) is 0 Å². The van der Waals surface area contributed by atoms with E-state index >= 15 is 0 Å². The van der Waals surface area contributed by atoms with Crippen molar-refractivity contribution in [2.24, 2.45) is 7.05 Å². The number of aromatic nitrogens is 2. The van der Waals surface area contributed by atoms with Crippen LogP contribution in [-0.2, 0) is 7.05 Å². The molecule has 0 aromatic carbocycles. The second-order valence-electron chi connectivity index (χ2n) is 4.13. The zero-order chi connectivity index (χ0) is 10.3. The Balaban J connectivity index is 2.48. The fourth-order valence-corrected chi connectivity index (χ4v) is 2.34. The SMILES string of the molecule is Cc1nn(C)c2c1[C@H](CO)C[C@H](C)N2. The fraction of sp³-hybridized carbons (Fsp3) is 0.700. The summed E-state index contributed by atoms with van der Waals surface area (Å²) in [5.74, 6) is 1.32. The van der Waals surface area contributed by atoms with Crippen LogP contribution < -0.4 is 5.32 Å². The molecular weight excluding hydrogens is 178 g/mol. The van der Waals surface area contributed by atoms with Gasteiger partial charge in [-0.2, -0.15) is 5.10 Å². The van der Waals surface area contributed by atoms with Crippen LogP contribution in [0.4, 0.5) is 5.82 Å². The van der Waals surface area contributed by atoms with Gasteiger partial charge in [-0.05, 0) is 20.3 Å². The van der Waals surface area contributed by atoms with Gasteiger partial charge in [-0.15, -0.1) is 0 Å².